The number of hydrogen-bond acceptors (Lipinski definition) is 9. The highest BCUT2D eigenvalue weighted by Gasteiger charge is 2.36. The number of nitrogens with zero attached hydrogens (tertiary/aromatic N) is 5. The van der Waals surface area contributed by atoms with E-state index >= 15 is 0 Å². The van der Waals surface area contributed by atoms with Gasteiger partial charge in [-0.2, -0.15) is 3.97 Å². The highest BCUT2D eigenvalue weighted by atomic mass is 32.2. The minimum absolute atomic E-state index is 0.0814. The molecule has 1 amide bonds. The van der Waals surface area contributed by atoms with Gasteiger partial charge in [0.15, 0.2) is 5.13 Å². The van der Waals surface area contributed by atoms with Crippen molar-refractivity contribution < 1.29 is 17.6 Å². The molecule has 2 aromatic heterocycles. The fraction of sp³-hybridized carbons (Fsp3) is 0.111. The molecule has 0 saturated carbocycles. The van der Waals surface area contributed by atoms with Crippen molar-refractivity contribution in [1.29, 1.82) is 0 Å². The van der Waals surface area contributed by atoms with E-state index in [4.69, 9.17) is 0 Å². The molecule has 5 rings (SSSR count). The number of thiazole rings is 1. The number of thioether (sulfide) groups is 1. The number of hydrogen-bond donors (Lipinski definition) is 1. The summed E-state index contributed by atoms with van der Waals surface area (Å²) in [4.78, 5) is 18.4. The number of fused-ring (bicyclic) bond motifs is 3. The van der Waals surface area contributed by atoms with Gasteiger partial charge in [-0.05, 0) is 30.3 Å². The molecule has 2 aromatic carbocycles. The molecule has 3 heterocycles. The Labute approximate surface area is 184 Å². The average molecular weight is 477 g/mol. The van der Waals surface area contributed by atoms with Crippen LogP contribution in [0.3, 0.4) is 0 Å². The smallest absolute Gasteiger partial charge is 0.274 e. The van der Waals surface area contributed by atoms with Crippen LogP contribution in [0.25, 0.3) is 10.2 Å². The van der Waals surface area contributed by atoms with Gasteiger partial charge in [-0.3, -0.25) is 4.79 Å². The zero-order valence-electron chi connectivity index (χ0n) is 15.8. The third-order valence-corrected chi connectivity index (χ3v) is 8.25. The van der Waals surface area contributed by atoms with E-state index in [0.29, 0.717) is 21.0 Å². The van der Waals surface area contributed by atoms with E-state index in [-0.39, 0.29) is 27.6 Å². The van der Waals surface area contributed by atoms with Gasteiger partial charge in [-0.15, -0.1) is 10.2 Å². The van der Waals surface area contributed by atoms with Crippen molar-refractivity contribution in [1.82, 2.24) is 19.2 Å². The van der Waals surface area contributed by atoms with E-state index in [9.17, 15) is 17.6 Å². The van der Waals surface area contributed by atoms with E-state index < -0.39 is 15.9 Å². The molecule has 0 spiro atoms. The van der Waals surface area contributed by atoms with Gasteiger partial charge in [0.25, 0.3) is 10.0 Å². The number of benzene rings is 2. The Morgan fingerprint density at radius 2 is 2.03 bits per heavy atom. The summed E-state index contributed by atoms with van der Waals surface area (Å²) in [6.45, 7) is 0. The summed E-state index contributed by atoms with van der Waals surface area (Å²) in [7, 11) is -2.20. The summed E-state index contributed by atoms with van der Waals surface area (Å²) in [6.07, 6.45) is 0. The van der Waals surface area contributed by atoms with Gasteiger partial charge in [0, 0.05) is 7.05 Å². The standard InChI is InChI=1S/C18H13FN6O3S3/c1-24-12-4-2-3-5-14(12)31(27,28)25-17(24)22-23-18(25)29-9-15(26)21-16-20-11-7-6-10(19)8-13(11)30-16/h2-8H,9H2,1H3,(H,20,21,26). The molecule has 13 heteroatoms. The zero-order chi connectivity index (χ0) is 21.8. The van der Waals surface area contributed by atoms with Crippen LogP contribution in [0, 0.1) is 5.82 Å². The molecular formula is C18H13FN6O3S3. The Bertz CT molecular complexity index is 1450. The van der Waals surface area contributed by atoms with Crippen molar-refractivity contribution >= 4 is 66.0 Å². The number of carbonyl (C=O) groups is 1. The second kappa shape index (κ2) is 7.28. The molecule has 31 heavy (non-hydrogen) atoms. The van der Waals surface area contributed by atoms with Gasteiger partial charge in [-0.1, -0.05) is 35.2 Å². The molecule has 0 unspecified atom stereocenters. The minimum Gasteiger partial charge on any atom is -0.311 e. The predicted octanol–water partition coefficient (Wildman–Crippen LogP) is 3.08. The van der Waals surface area contributed by atoms with Crippen LogP contribution in [0.4, 0.5) is 21.2 Å². The van der Waals surface area contributed by atoms with E-state index in [2.05, 4.69) is 20.5 Å². The number of nitrogens with one attached hydrogen (secondary N) is 1. The van der Waals surface area contributed by atoms with Crippen molar-refractivity contribution in [2.75, 3.05) is 23.0 Å². The number of rotatable bonds is 4. The first kappa shape index (κ1) is 19.9. The highest BCUT2D eigenvalue weighted by Crippen LogP contribution is 2.39. The predicted molar refractivity (Wildman–Crippen MR) is 116 cm³/mol. The van der Waals surface area contributed by atoms with Gasteiger partial charge in [0.1, 0.15) is 10.7 Å². The normalized spacial score (nSPS) is 14.3. The minimum atomic E-state index is -3.90. The Morgan fingerprint density at radius 3 is 2.87 bits per heavy atom. The van der Waals surface area contributed by atoms with Crippen molar-refractivity contribution in [2.24, 2.45) is 0 Å². The maximum Gasteiger partial charge on any atom is 0.274 e. The fourth-order valence-electron chi connectivity index (χ4n) is 3.15. The first-order valence-electron chi connectivity index (χ1n) is 8.87. The summed E-state index contributed by atoms with van der Waals surface area (Å²) in [5.74, 6) is -0.740. The highest BCUT2D eigenvalue weighted by molar-refractivity contribution is 8.00. The third kappa shape index (κ3) is 3.34. The lowest BCUT2D eigenvalue weighted by Gasteiger charge is -2.27. The summed E-state index contributed by atoms with van der Waals surface area (Å²) in [5, 5.41) is 11.0. The summed E-state index contributed by atoms with van der Waals surface area (Å²) in [6, 6.07) is 10.8. The van der Waals surface area contributed by atoms with E-state index in [1.54, 1.807) is 30.1 Å². The van der Waals surface area contributed by atoms with Crippen LogP contribution < -0.4 is 10.2 Å². The van der Waals surface area contributed by atoms with E-state index in [1.165, 1.54) is 24.3 Å². The first-order valence-corrected chi connectivity index (χ1v) is 12.1. The van der Waals surface area contributed by atoms with Crippen LogP contribution in [0.5, 0.6) is 0 Å². The van der Waals surface area contributed by atoms with Crippen molar-refractivity contribution in [3.8, 4) is 0 Å². The second-order valence-electron chi connectivity index (χ2n) is 6.55. The maximum atomic E-state index is 13.3. The van der Waals surface area contributed by atoms with Gasteiger partial charge in [0.2, 0.25) is 17.0 Å². The quantitative estimate of drug-likeness (QED) is 0.448. The van der Waals surface area contributed by atoms with Crippen LogP contribution >= 0.6 is 23.1 Å². The van der Waals surface area contributed by atoms with Crippen LogP contribution in [0.1, 0.15) is 0 Å². The molecular weight excluding hydrogens is 463 g/mol. The Hall–Kier alpha value is -3.03. The topological polar surface area (TPSA) is 110 Å². The molecule has 1 aliphatic rings. The first-order chi connectivity index (χ1) is 14.8. The van der Waals surface area contributed by atoms with Crippen LogP contribution in [-0.4, -0.2) is 46.3 Å². The van der Waals surface area contributed by atoms with Gasteiger partial charge in [-0.25, -0.2) is 17.8 Å². The largest absolute Gasteiger partial charge is 0.311 e. The van der Waals surface area contributed by atoms with Gasteiger partial charge in [0.05, 0.1) is 21.7 Å². The molecule has 0 saturated heterocycles. The molecule has 0 aliphatic carbocycles. The van der Waals surface area contributed by atoms with Crippen LogP contribution in [-0.2, 0) is 14.8 Å². The van der Waals surface area contributed by atoms with Crippen molar-refractivity contribution in [3.63, 3.8) is 0 Å². The lowest BCUT2D eigenvalue weighted by molar-refractivity contribution is -0.113. The molecule has 0 fully saturated rings. The Balaban J connectivity index is 1.36. The van der Waals surface area contributed by atoms with Gasteiger partial charge >= 0.3 is 0 Å². The van der Waals surface area contributed by atoms with Crippen molar-refractivity contribution in [3.05, 3.63) is 48.3 Å². The van der Waals surface area contributed by atoms with Gasteiger partial charge < -0.3 is 10.2 Å². The molecule has 0 bridgehead atoms. The zero-order valence-corrected chi connectivity index (χ0v) is 18.3. The number of anilines is 3. The lowest BCUT2D eigenvalue weighted by atomic mass is 10.3. The van der Waals surface area contributed by atoms with E-state index in [1.807, 2.05) is 0 Å². The monoisotopic (exact) mass is 476 g/mol. The fourth-order valence-corrected chi connectivity index (χ4v) is 6.67. The molecule has 158 valence electrons. The summed E-state index contributed by atoms with van der Waals surface area (Å²) >= 11 is 2.10. The Kier molecular flexibility index (Phi) is 4.68. The maximum absolute atomic E-state index is 13.3. The molecule has 4 aromatic rings. The SMILES string of the molecule is CN1c2ccccc2S(=O)(=O)n2c(SCC(=O)Nc3nc4ccc(F)cc4s3)nnc21. The molecule has 1 N–H and O–H groups in total. The molecule has 9 nitrogen and oxygen atoms in total. The number of aromatic nitrogens is 4. The number of para-hydroxylation sites is 1. The van der Waals surface area contributed by atoms with Crippen LogP contribution in [0.2, 0.25) is 0 Å². The molecule has 1 aliphatic heterocycles. The number of halogens is 1. The van der Waals surface area contributed by atoms with Crippen LogP contribution in [0.15, 0.2) is 52.5 Å². The second-order valence-corrected chi connectivity index (χ2v) is 10.3. The van der Waals surface area contributed by atoms with Crippen molar-refractivity contribution in [2.45, 2.75) is 10.1 Å². The average Bonchev–Trinajstić information content (AvgIpc) is 3.35. The molecule has 0 radical (unpaired) electrons. The third-order valence-electron chi connectivity index (χ3n) is 4.55. The number of carbonyl (C=O) groups excluding carboxylic acids is 1. The summed E-state index contributed by atoms with van der Waals surface area (Å²) < 4.78 is 41.2. The Morgan fingerprint density at radius 1 is 1.23 bits per heavy atom. The van der Waals surface area contributed by atoms with E-state index in [0.717, 1.165) is 27.1 Å². The number of amides is 1. The molecule has 0 atom stereocenters. The lowest BCUT2D eigenvalue weighted by Crippen LogP contribution is -2.28. The summed E-state index contributed by atoms with van der Waals surface area (Å²) in [5.41, 5.74) is 1.08.